The maximum Gasteiger partial charge on any atom is 0.224 e. The lowest BCUT2D eigenvalue weighted by atomic mass is 10.1. The van der Waals surface area contributed by atoms with E-state index >= 15 is 0 Å². The Bertz CT molecular complexity index is 931. The lowest BCUT2D eigenvalue weighted by Crippen LogP contribution is -2.24. The summed E-state index contributed by atoms with van der Waals surface area (Å²) in [6.45, 7) is 0.397. The maximum atomic E-state index is 12.3. The first kappa shape index (κ1) is 19.1. The van der Waals surface area contributed by atoms with Crippen molar-refractivity contribution in [2.24, 2.45) is 0 Å². The SMILES string of the molecule is COc1ccc(CC(=O)NCc2ccc(C(=O)c3ccsc3)s2)cc1OC. The molecule has 0 fully saturated rings. The summed E-state index contributed by atoms with van der Waals surface area (Å²) in [5.74, 6) is 1.14. The second kappa shape index (κ2) is 8.83. The minimum absolute atomic E-state index is 0.0177. The van der Waals surface area contributed by atoms with Crippen molar-refractivity contribution in [3.8, 4) is 11.5 Å². The maximum absolute atomic E-state index is 12.3. The summed E-state index contributed by atoms with van der Waals surface area (Å²) in [6.07, 6.45) is 0.242. The molecule has 0 aliphatic heterocycles. The second-order valence-corrected chi connectivity index (χ2v) is 7.70. The van der Waals surface area contributed by atoms with Crippen LogP contribution in [-0.2, 0) is 17.8 Å². The van der Waals surface area contributed by atoms with Gasteiger partial charge in [0.05, 0.1) is 32.1 Å². The molecule has 0 aliphatic rings. The first-order chi connectivity index (χ1) is 13.1. The van der Waals surface area contributed by atoms with E-state index < -0.39 is 0 Å². The predicted octanol–water partition coefficient (Wildman–Crippen LogP) is 3.92. The monoisotopic (exact) mass is 401 g/mol. The number of amides is 1. The van der Waals surface area contributed by atoms with Crippen molar-refractivity contribution in [1.82, 2.24) is 5.32 Å². The number of methoxy groups -OCH3 is 2. The molecule has 27 heavy (non-hydrogen) atoms. The molecule has 0 saturated carbocycles. The average Bonchev–Trinajstić information content (AvgIpc) is 3.37. The van der Waals surface area contributed by atoms with Crippen molar-refractivity contribution in [2.75, 3.05) is 14.2 Å². The van der Waals surface area contributed by atoms with Crippen LogP contribution in [0.4, 0.5) is 0 Å². The van der Waals surface area contributed by atoms with Crippen LogP contribution in [0, 0.1) is 0 Å². The van der Waals surface area contributed by atoms with E-state index in [0.29, 0.717) is 28.5 Å². The molecular formula is C20H19NO4S2. The highest BCUT2D eigenvalue weighted by atomic mass is 32.1. The lowest BCUT2D eigenvalue weighted by molar-refractivity contribution is -0.120. The fourth-order valence-corrected chi connectivity index (χ4v) is 4.10. The summed E-state index contributed by atoms with van der Waals surface area (Å²) >= 11 is 2.90. The van der Waals surface area contributed by atoms with Gasteiger partial charge in [-0.25, -0.2) is 0 Å². The number of hydrogen-bond acceptors (Lipinski definition) is 6. The van der Waals surface area contributed by atoms with Crippen LogP contribution in [0.2, 0.25) is 0 Å². The van der Waals surface area contributed by atoms with E-state index in [1.165, 1.54) is 22.7 Å². The molecule has 2 heterocycles. The zero-order chi connectivity index (χ0) is 19.2. The molecule has 0 saturated heterocycles. The van der Waals surface area contributed by atoms with Crippen LogP contribution in [-0.4, -0.2) is 25.9 Å². The first-order valence-corrected chi connectivity index (χ1v) is 10.00. The van der Waals surface area contributed by atoms with Gasteiger partial charge in [-0.1, -0.05) is 6.07 Å². The zero-order valence-corrected chi connectivity index (χ0v) is 16.6. The van der Waals surface area contributed by atoms with Gasteiger partial charge in [-0.05, 0) is 41.3 Å². The van der Waals surface area contributed by atoms with Crippen molar-refractivity contribution in [1.29, 1.82) is 0 Å². The standard InChI is InChI=1S/C20H19NO4S2/c1-24-16-5-3-13(9-17(16)25-2)10-19(22)21-11-15-4-6-18(27-15)20(23)14-7-8-26-12-14/h3-9,12H,10-11H2,1-2H3,(H,21,22). The Morgan fingerprint density at radius 3 is 2.56 bits per heavy atom. The number of carbonyl (C=O) groups is 2. The van der Waals surface area contributed by atoms with Crippen LogP contribution < -0.4 is 14.8 Å². The van der Waals surface area contributed by atoms with Crippen molar-refractivity contribution in [2.45, 2.75) is 13.0 Å². The van der Waals surface area contributed by atoms with E-state index in [2.05, 4.69) is 5.32 Å². The molecule has 0 atom stereocenters. The second-order valence-electron chi connectivity index (χ2n) is 5.75. The third-order valence-corrected chi connectivity index (χ3v) is 5.71. The van der Waals surface area contributed by atoms with Gasteiger partial charge in [-0.2, -0.15) is 11.3 Å². The molecule has 1 N–H and O–H groups in total. The average molecular weight is 402 g/mol. The van der Waals surface area contributed by atoms with Gasteiger partial charge in [0.2, 0.25) is 11.7 Å². The molecule has 0 unspecified atom stereocenters. The number of carbonyl (C=O) groups excluding carboxylic acids is 2. The van der Waals surface area contributed by atoms with Crippen molar-refractivity contribution in [3.63, 3.8) is 0 Å². The Morgan fingerprint density at radius 2 is 1.85 bits per heavy atom. The Balaban J connectivity index is 1.56. The van der Waals surface area contributed by atoms with Gasteiger partial charge in [0, 0.05) is 15.8 Å². The van der Waals surface area contributed by atoms with Gasteiger partial charge < -0.3 is 14.8 Å². The van der Waals surface area contributed by atoms with E-state index in [-0.39, 0.29) is 18.1 Å². The molecule has 7 heteroatoms. The van der Waals surface area contributed by atoms with Gasteiger partial charge in [0.25, 0.3) is 0 Å². The normalized spacial score (nSPS) is 10.4. The Morgan fingerprint density at radius 1 is 1.04 bits per heavy atom. The van der Waals surface area contributed by atoms with Gasteiger partial charge in [0.15, 0.2) is 11.5 Å². The van der Waals surface area contributed by atoms with Gasteiger partial charge in [-0.3, -0.25) is 9.59 Å². The summed E-state index contributed by atoms with van der Waals surface area (Å²) < 4.78 is 10.5. The summed E-state index contributed by atoms with van der Waals surface area (Å²) in [6, 6.07) is 10.9. The number of rotatable bonds is 8. The molecule has 0 spiro atoms. The molecule has 5 nitrogen and oxygen atoms in total. The third kappa shape index (κ3) is 4.75. The Hall–Kier alpha value is -2.64. The molecule has 3 rings (SSSR count). The van der Waals surface area contributed by atoms with Gasteiger partial charge in [0.1, 0.15) is 0 Å². The minimum Gasteiger partial charge on any atom is -0.493 e. The smallest absolute Gasteiger partial charge is 0.224 e. The summed E-state index contributed by atoms with van der Waals surface area (Å²) in [4.78, 5) is 26.2. The summed E-state index contributed by atoms with van der Waals surface area (Å²) in [5, 5.41) is 6.62. The van der Waals surface area contributed by atoms with Crippen LogP contribution in [0.15, 0.2) is 47.2 Å². The summed E-state index contributed by atoms with van der Waals surface area (Å²) in [5.41, 5.74) is 1.54. The fraction of sp³-hybridized carbons (Fsp3) is 0.200. The molecule has 1 aromatic carbocycles. The zero-order valence-electron chi connectivity index (χ0n) is 15.0. The fourth-order valence-electron chi connectivity index (χ4n) is 2.56. The summed E-state index contributed by atoms with van der Waals surface area (Å²) in [7, 11) is 3.14. The van der Waals surface area contributed by atoms with E-state index in [1.807, 2.05) is 29.0 Å². The van der Waals surface area contributed by atoms with Crippen molar-refractivity contribution < 1.29 is 19.1 Å². The number of hydrogen-bond donors (Lipinski definition) is 1. The van der Waals surface area contributed by atoms with Gasteiger partial charge in [-0.15, -0.1) is 11.3 Å². The van der Waals surface area contributed by atoms with Crippen molar-refractivity contribution >= 4 is 34.4 Å². The van der Waals surface area contributed by atoms with E-state index in [0.717, 1.165) is 10.4 Å². The molecule has 3 aromatic rings. The van der Waals surface area contributed by atoms with Crippen LogP contribution >= 0.6 is 22.7 Å². The molecule has 0 bridgehead atoms. The van der Waals surface area contributed by atoms with Crippen LogP contribution in [0.25, 0.3) is 0 Å². The molecule has 1 amide bonds. The molecule has 0 aliphatic carbocycles. The van der Waals surface area contributed by atoms with E-state index in [9.17, 15) is 9.59 Å². The highest BCUT2D eigenvalue weighted by molar-refractivity contribution is 7.14. The number of benzene rings is 1. The highest BCUT2D eigenvalue weighted by Crippen LogP contribution is 2.27. The van der Waals surface area contributed by atoms with E-state index in [1.54, 1.807) is 32.4 Å². The third-order valence-electron chi connectivity index (χ3n) is 3.94. The number of thiophene rings is 2. The Kier molecular flexibility index (Phi) is 6.26. The number of ether oxygens (including phenoxy) is 2. The number of ketones is 1. The molecule has 0 radical (unpaired) electrons. The number of nitrogens with one attached hydrogen (secondary N) is 1. The lowest BCUT2D eigenvalue weighted by Gasteiger charge is -2.09. The predicted molar refractivity (Wildman–Crippen MR) is 107 cm³/mol. The largest absolute Gasteiger partial charge is 0.493 e. The van der Waals surface area contributed by atoms with Crippen LogP contribution in [0.3, 0.4) is 0 Å². The molecule has 140 valence electrons. The minimum atomic E-state index is -0.0960. The van der Waals surface area contributed by atoms with Crippen LogP contribution in [0.5, 0.6) is 11.5 Å². The van der Waals surface area contributed by atoms with Crippen molar-refractivity contribution in [3.05, 3.63) is 68.0 Å². The molecule has 2 aromatic heterocycles. The molecular weight excluding hydrogens is 382 g/mol. The topological polar surface area (TPSA) is 64.6 Å². The van der Waals surface area contributed by atoms with Gasteiger partial charge >= 0.3 is 0 Å². The quantitative estimate of drug-likeness (QED) is 0.581. The Labute approximate surface area is 165 Å². The first-order valence-electron chi connectivity index (χ1n) is 8.24. The highest BCUT2D eigenvalue weighted by Gasteiger charge is 2.13. The van der Waals surface area contributed by atoms with E-state index in [4.69, 9.17) is 9.47 Å². The van der Waals surface area contributed by atoms with Crippen LogP contribution in [0.1, 0.15) is 25.7 Å².